The molecule has 43 heavy (non-hydrogen) atoms. The molecule has 6 rings (SSSR count). The van der Waals surface area contributed by atoms with Crippen molar-refractivity contribution in [2.45, 2.75) is 96.4 Å². The van der Waals surface area contributed by atoms with Gasteiger partial charge in [0.2, 0.25) is 11.8 Å². The van der Waals surface area contributed by atoms with Crippen molar-refractivity contribution >= 4 is 29.0 Å². The van der Waals surface area contributed by atoms with E-state index in [2.05, 4.69) is 5.32 Å². The number of carbonyl (C=O) groups excluding carboxylic acids is 2. The van der Waals surface area contributed by atoms with E-state index in [0.717, 1.165) is 56.2 Å². The number of hydrogen-bond donors (Lipinski definition) is 2. The van der Waals surface area contributed by atoms with Crippen molar-refractivity contribution in [1.29, 1.82) is 0 Å². The number of aryl methyl sites for hydroxylation is 1. The Hall–Kier alpha value is -3.63. The van der Waals surface area contributed by atoms with E-state index in [1.807, 2.05) is 39.0 Å². The molecular formula is C32H42N4O7. The Morgan fingerprint density at radius 1 is 1.02 bits per heavy atom. The number of ether oxygens (including phenoxy) is 3. The number of aliphatic carboxylic acids is 1. The van der Waals surface area contributed by atoms with Crippen molar-refractivity contribution in [3.05, 3.63) is 23.9 Å². The fraction of sp³-hybridized carbons (Fsp3) is 0.656. The monoisotopic (exact) mass is 594 g/mol. The molecule has 2 amide bonds. The summed E-state index contributed by atoms with van der Waals surface area (Å²) >= 11 is 0. The van der Waals surface area contributed by atoms with Crippen LogP contribution in [0.5, 0.6) is 11.6 Å². The summed E-state index contributed by atoms with van der Waals surface area (Å²) in [5.41, 5.74) is 1.40. The zero-order valence-electron chi connectivity index (χ0n) is 25.4. The number of nitrogens with one attached hydrogen (secondary N) is 1. The summed E-state index contributed by atoms with van der Waals surface area (Å²) in [6.07, 6.45) is 5.69. The SMILES string of the molecule is COc1ccc2nc3c(nc2c1)OC1CN(C(=O)C(C(C)(C)C)NC(=O)OC2CC2CCCCC3)C(C(=O)O)C1C1CC1. The Morgan fingerprint density at radius 3 is 2.51 bits per heavy atom. The lowest BCUT2D eigenvalue weighted by Crippen LogP contribution is -2.57. The lowest BCUT2D eigenvalue weighted by atomic mass is 9.85. The van der Waals surface area contributed by atoms with Crippen LogP contribution < -0.4 is 14.8 Å². The van der Waals surface area contributed by atoms with E-state index in [-0.39, 0.29) is 18.6 Å². The fourth-order valence-corrected chi connectivity index (χ4v) is 6.75. The predicted molar refractivity (Wildman–Crippen MR) is 157 cm³/mol. The summed E-state index contributed by atoms with van der Waals surface area (Å²) in [6, 6.07) is 3.49. The number of carboxylic acid groups (broad SMARTS) is 1. The second-order valence-electron chi connectivity index (χ2n) is 13.7. The highest BCUT2D eigenvalue weighted by Crippen LogP contribution is 2.47. The maximum Gasteiger partial charge on any atom is 0.408 e. The second-order valence-corrected chi connectivity index (χ2v) is 13.7. The molecule has 2 N–H and O–H groups in total. The number of alkyl carbamates (subject to hydrolysis) is 1. The number of benzene rings is 1. The zero-order chi connectivity index (χ0) is 30.5. The molecule has 2 aliphatic heterocycles. The van der Waals surface area contributed by atoms with Gasteiger partial charge in [-0.2, -0.15) is 0 Å². The highest BCUT2D eigenvalue weighted by atomic mass is 16.6. The largest absolute Gasteiger partial charge is 0.497 e. The summed E-state index contributed by atoms with van der Waals surface area (Å²) < 4.78 is 17.7. The average Bonchev–Trinajstić information content (AvgIpc) is 3.88. The Kier molecular flexibility index (Phi) is 7.85. The van der Waals surface area contributed by atoms with Crippen LogP contribution in [0.25, 0.3) is 11.0 Å². The van der Waals surface area contributed by atoms with Crippen molar-refractivity contribution in [2.24, 2.45) is 23.2 Å². The number of carboxylic acids is 1. The van der Waals surface area contributed by atoms with Crippen LogP contribution in [-0.2, 0) is 20.7 Å². The first-order chi connectivity index (χ1) is 20.5. The van der Waals surface area contributed by atoms with Gasteiger partial charge >= 0.3 is 12.1 Å². The van der Waals surface area contributed by atoms with Gasteiger partial charge in [-0.25, -0.2) is 19.6 Å². The molecule has 6 atom stereocenters. The molecule has 4 aliphatic rings. The molecule has 2 saturated carbocycles. The van der Waals surface area contributed by atoms with Gasteiger partial charge in [0.05, 0.1) is 24.7 Å². The minimum Gasteiger partial charge on any atom is -0.497 e. The zero-order valence-corrected chi connectivity index (χ0v) is 25.4. The van der Waals surface area contributed by atoms with Crippen molar-refractivity contribution in [2.75, 3.05) is 13.7 Å². The van der Waals surface area contributed by atoms with Crippen molar-refractivity contribution in [3.63, 3.8) is 0 Å². The smallest absolute Gasteiger partial charge is 0.408 e. The van der Waals surface area contributed by atoms with Crippen molar-refractivity contribution in [1.82, 2.24) is 20.2 Å². The van der Waals surface area contributed by atoms with Gasteiger partial charge < -0.3 is 29.5 Å². The first-order valence-electron chi connectivity index (χ1n) is 15.5. The normalized spacial score (nSPS) is 30.2. The molecule has 3 fully saturated rings. The third kappa shape index (κ3) is 6.21. The van der Waals surface area contributed by atoms with Crippen LogP contribution in [0.3, 0.4) is 0 Å². The Balaban J connectivity index is 1.39. The molecule has 232 valence electrons. The molecule has 1 aromatic carbocycles. The summed E-state index contributed by atoms with van der Waals surface area (Å²) in [5, 5.41) is 13.3. The molecule has 0 spiro atoms. The van der Waals surface area contributed by atoms with E-state index in [1.165, 1.54) is 4.90 Å². The van der Waals surface area contributed by atoms with Gasteiger partial charge in [0.15, 0.2) is 0 Å². The van der Waals surface area contributed by atoms with E-state index >= 15 is 0 Å². The molecule has 1 aromatic heterocycles. The van der Waals surface area contributed by atoms with Crippen LogP contribution >= 0.6 is 0 Å². The van der Waals surface area contributed by atoms with Crippen LogP contribution in [0.4, 0.5) is 4.79 Å². The summed E-state index contributed by atoms with van der Waals surface area (Å²) in [5.74, 6) is -0.472. The highest BCUT2D eigenvalue weighted by Gasteiger charge is 2.56. The van der Waals surface area contributed by atoms with Gasteiger partial charge in [0.1, 0.15) is 35.7 Å². The molecule has 0 radical (unpaired) electrons. The molecule has 2 aromatic rings. The Labute approximate surface area is 251 Å². The van der Waals surface area contributed by atoms with E-state index in [1.54, 1.807) is 7.11 Å². The lowest BCUT2D eigenvalue weighted by molar-refractivity contribution is -0.151. The quantitative estimate of drug-likeness (QED) is 0.531. The van der Waals surface area contributed by atoms with E-state index in [0.29, 0.717) is 29.5 Å². The molecule has 1 saturated heterocycles. The van der Waals surface area contributed by atoms with Crippen LogP contribution in [-0.4, -0.2) is 75.9 Å². The predicted octanol–water partition coefficient (Wildman–Crippen LogP) is 4.35. The van der Waals surface area contributed by atoms with Crippen molar-refractivity contribution in [3.8, 4) is 11.6 Å². The number of hydrogen-bond acceptors (Lipinski definition) is 8. The van der Waals surface area contributed by atoms with Gasteiger partial charge in [0.25, 0.3) is 0 Å². The summed E-state index contributed by atoms with van der Waals surface area (Å²) in [4.78, 5) is 51.1. The average molecular weight is 595 g/mol. The Morgan fingerprint density at radius 2 is 1.81 bits per heavy atom. The molecule has 2 bridgehead atoms. The molecule has 6 unspecified atom stereocenters. The van der Waals surface area contributed by atoms with Crippen LogP contribution in [0.15, 0.2) is 18.2 Å². The number of carbonyl (C=O) groups is 3. The van der Waals surface area contributed by atoms with Crippen LogP contribution in [0.1, 0.15) is 71.4 Å². The van der Waals surface area contributed by atoms with Gasteiger partial charge in [0, 0.05) is 12.0 Å². The third-order valence-electron chi connectivity index (χ3n) is 9.36. The highest BCUT2D eigenvalue weighted by molar-refractivity contribution is 5.91. The first-order valence-corrected chi connectivity index (χ1v) is 15.5. The van der Waals surface area contributed by atoms with Crippen LogP contribution in [0.2, 0.25) is 0 Å². The molecular weight excluding hydrogens is 552 g/mol. The summed E-state index contributed by atoms with van der Waals surface area (Å²) in [6.45, 7) is 5.63. The Bertz CT molecular complexity index is 1400. The topological polar surface area (TPSA) is 140 Å². The van der Waals surface area contributed by atoms with E-state index < -0.39 is 47.5 Å². The fourth-order valence-electron chi connectivity index (χ4n) is 6.75. The number of fused-ring (bicyclic) bond motifs is 5. The van der Waals surface area contributed by atoms with Crippen LogP contribution in [0, 0.1) is 23.2 Å². The minimum absolute atomic E-state index is 0.0717. The lowest BCUT2D eigenvalue weighted by Gasteiger charge is -2.35. The number of amides is 2. The standard InChI is InChI=1S/C32H42N4O7/c1-32(2,3)27-29(37)36-16-24(25(17-10-11-17)26(36)30(38)39)42-28-21(33-20-13-12-19(41-4)15-22(20)34-28)9-7-5-6-8-18-14-23(18)43-31(40)35-27/h12-13,15,17-18,23-27H,5-11,14,16H2,1-4H3,(H,35,40)(H,38,39). The summed E-state index contributed by atoms with van der Waals surface area (Å²) in [7, 11) is 1.60. The number of rotatable bonds is 3. The van der Waals surface area contributed by atoms with Gasteiger partial charge in [-0.15, -0.1) is 0 Å². The first kappa shape index (κ1) is 29.4. The molecule has 11 nitrogen and oxygen atoms in total. The molecule has 2 aliphatic carbocycles. The number of nitrogens with zero attached hydrogens (tertiary/aromatic N) is 3. The number of methoxy groups -OCH3 is 1. The minimum atomic E-state index is -1.08. The van der Waals surface area contributed by atoms with Crippen molar-refractivity contribution < 1.29 is 33.7 Å². The molecule has 11 heteroatoms. The second kappa shape index (κ2) is 11.5. The van der Waals surface area contributed by atoms with Gasteiger partial charge in [-0.05, 0) is 67.9 Å². The van der Waals surface area contributed by atoms with Gasteiger partial charge in [-0.3, -0.25) is 4.79 Å². The van der Waals surface area contributed by atoms with E-state index in [9.17, 15) is 19.5 Å². The third-order valence-corrected chi connectivity index (χ3v) is 9.36. The van der Waals surface area contributed by atoms with E-state index in [4.69, 9.17) is 24.2 Å². The maximum atomic E-state index is 14.2. The van der Waals surface area contributed by atoms with Gasteiger partial charge in [-0.1, -0.05) is 33.6 Å². The molecule has 3 heterocycles. The maximum absolute atomic E-state index is 14.2. The number of aromatic nitrogens is 2.